The second kappa shape index (κ2) is 8.65. The van der Waals surface area contributed by atoms with Gasteiger partial charge in [-0.1, -0.05) is 6.42 Å². The second-order valence-electron chi connectivity index (χ2n) is 7.80. The smallest absolute Gasteiger partial charge is 0.266 e. The number of nitrogens with zero attached hydrogens (tertiary/aromatic N) is 5. The number of carbonyl (C=O) groups excluding carboxylic acids is 1. The van der Waals surface area contributed by atoms with Gasteiger partial charge >= 0.3 is 0 Å². The molecule has 0 aliphatic carbocycles. The fraction of sp³-hybridized carbons (Fsp3) is 0.524. The van der Waals surface area contributed by atoms with Crippen molar-refractivity contribution in [1.82, 2.24) is 24.6 Å². The van der Waals surface area contributed by atoms with Crippen molar-refractivity contribution in [3.8, 4) is 11.3 Å². The summed E-state index contributed by atoms with van der Waals surface area (Å²) in [4.78, 5) is 32.8. The summed E-state index contributed by atoms with van der Waals surface area (Å²) in [5.41, 5.74) is 1.61. The summed E-state index contributed by atoms with van der Waals surface area (Å²) in [7, 11) is 0. The van der Waals surface area contributed by atoms with Crippen molar-refractivity contribution < 1.29 is 4.79 Å². The van der Waals surface area contributed by atoms with E-state index >= 15 is 0 Å². The Bertz CT molecular complexity index is 861. The van der Waals surface area contributed by atoms with Gasteiger partial charge in [0.15, 0.2) is 0 Å². The number of likely N-dealkylation sites (tertiary alicyclic amines) is 2. The lowest BCUT2D eigenvalue weighted by molar-refractivity contribution is -0.131. The van der Waals surface area contributed by atoms with Gasteiger partial charge in [-0.05, 0) is 31.0 Å². The van der Waals surface area contributed by atoms with Crippen LogP contribution in [0.2, 0.25) is 0 Å². The molecule has 2 aromatic rings. The third kappa shape index (κ3) is 4.47. The van der Waals surface area contributed by atoms with Crippen molar-refractivity contribution in [2.45, 2.75) is 32.2 Å². The number of pyridine rings is 1. The van der Waals surface area contributed by atoms with Crippen molar-refractivity contribution in [2.75, 3.05) is 32.7 Å². The third-order valence-electron chi connectivity index (χ3n) is 5.65. The first-order valence-corrected chi connectivity index (χ1v) is 10.2. The van der Waals surface area contributed by atoms with Crippen LogP contribution >= 0.6 is 0 Å². The molecule has 2 saturated heterocycles. The zero-order valence-corrected chi connectivity index (χ0v) is 16.2. The molecule has 4 rings (SSSR count). The molecule has 28 heavy (non-hydrogen) atoms. The predicted octanol–water partition coefficient (Wildman–Crippen LogP) is 1.64. The molecular weight excluding hydrogens is 354 g/mol. The molecule has 2 fully saturated rings. The van der Waals surface area contributed by atoms with Crippen LogP contribution in [-0.2, 0) is 11.3 Å². The second-order valence-corrected chi connectivity index (χ2v) is 7.80. The standard InChI is InChI=1S/C21H27N5O2/c27-20-6-2-1-3-10-25(20)12-11-24-14-17(15-24)16-26-21(28)8-7-19(23-26)18-5-4-9-22-13-18/h4-5,7-9,13,17H,1-3,6,10-12,14-16H2. The average molecular weight is 381 g/mol. The van der Waals surface area contributed by atoms with Crippen LogP contribution in [0.1, 0.15) is 25.7 Å². The molecule has 0 atom stereocenters. The van der Waals surface area contributed by atoms with Crippen molar-refractivity contribution in [3.05, 3.63) is 47.0 Å². The van der Waals surface area contributed by atoms with Gasteiger partial charge < -0.3 is 9.80 Å². The number of amides is 1. The molecular formula is C21H27N5O2. The zero-order valence-electron chi connectivity index (χ0n) is 16.2. The molecule has 2 aliphatic heterocycles. The van der Waals surface area contributed by atoms with Crippen molar-refractivity contribution >= 4 is 5.91 Å². The Morgan fingerprint density at radius 2 is 1.93 bits per heavy atom. The van der Waals surface area contributed by atoms with E-state index in [9.17, 15) is 9.59 Å². The van der Waals surface area contributed by atoms with E-state index in [1.54, 1.807) is 29.2 Å². The van der Waals surface area contributed by atoms with E-state index < -0.39 is 0 Å². The number of hydrogen-bond acceptors (Lipinski definition) is 5. The van der Waals surface area contributed by atoms with E-state index in [1.165, 1.54) is 0 Å². The molecule has 0 bridgehead atoms. The third-order valence-corrected chi connectivity index (χ3v) is 5.65. The fourth-order valence-electron chi connectivity index (χ4n) is 4.00. The van der Waals surface area contributed by atoms with Gasteiger partial charge in [0.05, 0.1) is 12.2 Å². The highest BCUT2D eigenvalue weighted by Crippen LogP contribution is 2.18. The van der Waals surface area contributed by atoms with E-state index in [0.717, 1.165) is 63.2 Å². The average Bonchev–Trinajstić information content (AvgIpc) is 2.89. The first kappa shape index (κ1) is 18.8. The number of rotatable bonds is 6. The van der Waals surface area contributed by atoms with Crippen LogP contribution < -0.4 is 5.56 Å². The van der Waals surface area contributed by atoms with E-state index in [-0.39, 0.29) is 5.56 Å². The number of carbonyl (C=O) groups is 1. The van der Waals surface area contributed by atoms with Gasteiger partial charge in [0.25, 0.3) is 5.56 Å². The zero-order chi connectivity index (χ0) is 19.3. The largest absolute Gasteiger partial charge is 0.341 e. The predicted molar refractivity (Wildman–Crippen MR) is 107 cm³/mol. The molecule has 1 amide bonds. The molecule has 0 saturated carbocycles. The van der Waals surface area contributed by atoms with E-state index in [1.807, 2.05) is 17.0 Å². The van der Waals surface area contributed by atoms with Gasteiger partial charge in [0.1, 0.15) is 0 Å². The van der Waals surface area contributed by atoms with Crippen LogP contribution in [0, 0.1) is 5.92 Å². The van der Waals surface area contributed by atoms with Crippen molar-refractivity contribution in [3.63, 3.8) is 0 Å². The van der Waals surface area contributed by atoms with E-state index in [4.69, 9.17) is 0 Å². The van der Waals surface area contributed by atoms with E-state index in [2.05, 4.69) is 15.0 Å². The first-order chi connectivity index (χ1) is 13.7. The first-order valence-electron chi connectivity index (χ1n) is 10.2. The minimum Gasteiger partial charge on any atom is -0.341 e. The van der Waals surface area contributed by atoms with Gasteiger partial charge in [-0.25, -0.2) is 4.68 Å². The summed E-state index contributed by atoms with van der Waals surface area (Å²) in [6, 6.07) is 7.14. The van der Waals surface area contributed by atoms with Crippen molar-refractivity contribution in [2.24, 2.45) is 5.92 Å². The summed E-state index contributed by atoms with van der Waals surface area (Å²) in [6.45, 7) is 5.17. The molecule has 7 heteroatoms. The van der Waals surface area contributed by atoms with E-state index in [0.29, 0.717) is 24.8 Å². The molecule has 0 N–H and O–H groups in total. The lowest BCUT2D eigenvalue weighted by atomic mass is 10.0. The Morgan fingerprint density at radius 3 is 2.75 bits per heavy atom. The van der Waals surface area contributed by atoms with Gasteiger partial charge in [0, 0.05) is 69.1 Å². The Labute approximate surface area is 165 Å². The topological polar surface area (TPSA) is 71.3 Å². The Balaban J connectivity index is 1.29. The van der Waals surface area contributed by atoms with Crippen LogP contribution in [-0.4, -0.2) is 63.2 Å². The maximum atomic E-state index is 12.2. The molecule has 7 nitrogen and oxygen atoms in total. The van der Waals surface area contributed by atoms with Crippen LogP contribution in [0.5, 0.6) is 0 Å². The summed E-state index contributed by atoms with van der Waals surface area (Å²) >= 11 is 0. The SMILES string of the molecule is O=C1CCCCCN1CCN1CC(Cn2nc(-c3cccnc3)ccc2=O)C1. The summed E-state index contributed by atoms with van der Waals surface area (Å²) in [6.07, 6.45) is 7.49. The van der Waals surface area contributed by atoms with Crippen LogP contribution in [0.15, 0.2) is 41.5 Å². The quantitative estimate of drug-likeness (QED) is 0.761. The molecule has 0 aromatic carbocycles. The molecule has 148 valence electrons. The van der Waals surface area contributed by atoms with Crippen LogP contribution in [0.4, 0.5) is 0 Å². The molecule has 4 heterocycles. The van der Waals surface area contributed by atoms with Gasteiger partial charge in [-0.3, -0.25) is 14.6 Å². The molecule has 0 radical (unpaired) electrons. The fourth-order valence-corrected chi connectivity index (χ4v) is 4.00. The monoisotopic (exact) mass is 381 g/mol. The minimum absolute atomic E-state index is 0.0683. The number of aromatic nitrogens is 3. The molecule has 2 aromatic heterocycles. The summed E-state index contributed by atoms with van der Waals surface area (Å²) < 4.78 is 1.57. The lowest BCUT2D eigenvalue weighted by Crippen LogP contribution is -2.52. The molecule has 0 unspecified atom stereocenters. The minimum atomic E-state index is -0.0683. The highest BCUT2D eigenvalue weighted by atomic mass is 16.2. The van der Waals surface area contributed by atoms with Crippen LogP contribution in [0.25, 0.3) is 11.3 Å². The maximum Gasteiger partial charge on any atom is 0.266 e. The Hall–Kier alpha value is -2.54. The lowest BCUT2D eigenvalue weighted by Gasteiger charge is -2.40. The summed E-state index contributed by atoms with van der Waals surface area (Å²) in [5.74, 6) is 0.728. The van der Waals surface area contributed by atoms with Gasteiger partial charge in [-0.2, -0.15) is 5.10 Å². The number of hydrogen-bond donors (Lipinski definition) is 0. The maximum absolute atomic E-state index is 12.2. The van der Waals surface area contributed by atoms with Crippen molar-refractivity contribution in [1.29, 1.82) is 0 Å². The summed E-state index contributed by atoms with van der Waals surface area (Å²) in [5, 5.41) is 4.52. The van der Waals surface area contributed by atoms with Gasteiger partial charge in [-0.15, -0.1) is 0 Å². The Morgan fingerprint density at radius 1 is 1.04 bits per heavy atom. The Kier molecular flexibility index (Phi) is 5.81. The normalized spacial score (nSPS) is 18.7. The molecule has 2 aliphatic rings. The molecule has 0 spiro atoms. The van der Waals surface area contributed by atoms with Gasteiger partial charge in [0.2, 0.25) is 5.91 Å². The van der Waals surface area contributed by atoms with Crippen LogP contribution in [0.3, 0.4) is 0 Å². The highest BCUT2D eigenvalue weighted by Gasteiger charge is 2.28. The highest BCUT2D eigenvalue weighted by molar-refractivity contribution is 5.76.